The first-order valence-corrected chi connectivity index (χ1v) is 8.14. The standard InChI is InChI=1S/C13H21BrN2S/c1-2-9-5-3-4-6-10(9)12(16-15)13-11(14)7-8-17-13/h7-10,12,16H,2-6,15H2,1H3. The van der Waals surface area contributed by atoms with Gasteiger partial charge in [0.2, 0.25) is 0 Å². The molecule has 1 aromatic rings. The van der Waals surface area contributed by atoms with Gasteiger partial charge in [0, 0.05) is 9.35 Å². The molecule has 4 heteroatoms. The second kappa shape index (κ2) is 6.32. The molecule has 0 amide bonds. The summed E-state index contributed by atoms with van der Waals surface area (Å²) in [7, 11) is 0. The molecule has 1 fully saturated rings. The lowest BCUT2D eigenvalue weighted by Crippen LogP contribution is -2.37. The van der Waals surface area contributed by atoms with Crippen LogP contribution in [0.5, 0.6) is 0 Å². The molecule has 1 aliphatic rings. The fourth-order valence-electron chi connectivity index (χ4n) is 3.10. The normalized spacial score (nSPS) is 27.0. The number of hydrogen-bond acceptors (Lipinski definition) is 3. The minimum Gasteiger partial charge on any atom is -0.271 e. The Bertz CT molecular complexity index is 353. The van der Waals surface area contributed by atoms with Crippen molar-refractivity contribution >= 4 is 27.3 Å². The number of nitrogens with two attached hydrogens (primary N) is 1. The van der Waals surface area contributed by atoms with Crippen molar-refractivity contribution < 1.29 is 0 Å². The van der Waals surface area contributed by atoms with E-state index in [0.29, 0.717) is 12.0 Å². The molecule has 1 saturated carbocycles. The van der Waals surface area contributed by atoms with Gasteiger partial charge in [-0.1, -0.05) is 32.6 Å². The fourth-order valence-corrected chi connectivity index (χ4v) is 4.86. The molecule has 2 nitrogen and oxygen atoms in total. The van der Waals surface area contributed by atoms with Crippen LogP contribution < -0.4 is 11.3 Å². The third kappa shape index (κ3) is 2.92. The summed E-state index contributed by atoms with van der Waals surface area (Å²) in [5.41, 5.74) is 3.06. The zero-order valence-corrected chi connectivity index (χ0v) is 12.7. The van der Waals surface area contributed by atoms with Crippen LogP contribution in [-0.2, 0) is 0 Å². The number of hydrogen-bond donors (Lipinski definition) is 2. The molecule has 96 valence electrons. The zero-order chi connectivity index (χ0) is 12.3. The van der Waals surface area contributed by atoms with Gasteiger partial charge in [-0.05, 0) is 45.6 Å². The minimum absolute atomic E-state index is 0.314. The summed E-state index contributed by atoms with van der Waals surface area (Å²) in [4.78, 5) is 1.36. The number of hydrazine groups is 1. The van der Waals surface area contributed by atoms with E-state index in [-0.39, 0.29) is 0 Å². The Balaban J connectivity index is 2.19. The molecule has 17 heavy (non-hydrogen) atoms. The second-order valence-corrected chi connectivity index (χ2v) is 6.70. The highest BCUT2D eigenvalue weighted by Crippen LogP contribution is 2.43. The van der Waals surface area contributed by atoms with E-state index < -0.39 is 0 Å². The smallest absolute Gasteiger partial charge is 0.0595 e. The van der Waals surface area contributed by atoms with E-state index >= 15 is 0 Å². The molecule has 1 heterocycles. The molecule has 0 aromatic carbocycles. The summed E-state index contributed by atoms with van der Waals surface area (Å²) in [5, 5.41) is 2.13. The van der Waals surface area contributed by atoms with Crippen LogP contribution in [0.2, 0.25) is 0 Å². The molecule has 0 saturated heterocycles. The molecular weight excluding hydrogens is 296 g/mol. The van der Waals surface area contributed by atoms with Gasteiger partial charge >= 0.3 is 0 Å². The fraction of sp³-hybridized carbons (Fsp3) is 0.692. The predicted molar refractivity (Wildman–Crippen MR) is 77.8 cm³/mol. The highest BCUT2D eigenvalue weighted by Gasteiger charge is 2.32. The second-order valence-electron chi connectivity index (χ2n) is 4.89. The number of halogens is 1. The maximum absolute atomic E-state index is 5.82. The first kappa shape index (κ1) is 13.5. The van der Waals surface area contributed by atoms with Crippen LogP contribution in [0.25, 0.3) is 0 Å². The van der Waals surface area contributed by atoms with Gasteiger partial charge in [0.1, 0.15) is 0 Å². The van der Waals surface area contributed by atoms with Crippen LogP contribution in [-0.4, -0.2) is 0 Å². The maximum atomic E-state index is 5.82. The molecule has 2 rings (SSSR count). The van der Waals surface area contributed by atoms with Crippen molar-refractivity contribution in [2.45, 2.75) is 45.1 Å². The zero-order valence-electron chi connectivity index (χ0n) is 10.3. The van der Waals surface area contributed by atoms with E-state index in [1.54, 1.807) is 11.3 Å². The first-order valence-electron chi connectivity index (χ1n) is 6.47. The van der Waals surface area contributed by atoms with Crippen molar-refractivity contribution in [1.29, 1.82) is 0 Å². The van der Waals surface area contributed by atoms with Crippen molar-refractivity contribution in [3.63, 3.8) is 0 Å². The monoisotopic (exact) mass is 316 g/mol. The van der Waals surface area contributed by atoms with Crippen LogP contribution in [0.1, 0.15) is 49.9 Å². The van der Waals surface area contributed by atoms with E-state index in [4.69, 9.17) is 5.84 Å². The molecule has 3 unspecified atom stereocenters. The van der Waals surface area contributed by atoms with Crippen molar-refractivity contribution in [2.24, 2.45) is 17.7 Å². The maximum Gasteiger partial charge on any atom is 0.0595 e. The summed E-state index contributed by atoms with van der Waals surface area (Å²) in [6.07, 6.45) is 6.67. The molecule has 0 bridgehead atoms. The van der Waals surface area contributed by atoms with Gasteiger partial charge in [-0.3, -0.25) is 11.3 Å². The van der Waals surface area contributed by atoms with Gasteiger partial charge in [-0.25, -0.2) is 0 Å². The SMILES string of the molecule is CCC1CCCCC1C(NN)c1sccc1Br. The molecule has 0 radical (unpaired) electrons. The Morgan fingerprint density at radius 3 is 2.88 bits per heavy atom. The summed E-state index contributed by atoms with van der Waals surface area (Å²) in [6, 6.07) is 2.43. The average molecular weight is 317 g/mol. The Hall–Kier alpha value is 0.100. The third-order valence-corrected chi connectivity index (χ3v) is 5.98. The predicted octanol–water partition coefficient (Wildman–Crippen LogP) is 4.23. The average Bonchev–Trinajstić information content (AvgIpc) is 2.78. The molecule has 3 atom stereocenters. The summed E-state index contributed by atoms with van der Waals surface area (Å²) >= 11 is 5.43. The molecule has 1 aliphatic carbocycles. The van der Waals surface area contributed by atoms with Gasteiger partial charge in [0.05, 0.1) is 6.04 Å². The Morgan fingerprint density at radius 2 is 2.29 bits per heavy atom. The molecule has 3 N–H and O–H groups in total. The van der Waals surface area contributed by atoms with Crippen molar-refractivity contribution in [3.8, 4) is 0 Å². The van der Waals surface area contributed by atoms with Gasteiger partial charge in [-0.2, -0.15) is 0 Å². The number of rotatable bonds is 4. The molecule has 0 spiro atoms. The third-order valence-electron chi connectivity index (χ3n) is 4.03. The first-order chi connectivity index (χ1) is 8.27. The Kier molecular flexibility index (Phi) is 5.03. The van der Waals surface area contributed by atoms with Crippen molar-refractivity contribution in [1.82, 2.24) is 5.43 Å². The molecule has 0 aliphatic heterocycles. The summed E-state index contributed by atoms with van der Waals surface area (Å²) < 4.78 is 1.20. The summed E-state index contributed by atoms with van der Waals surface area (Å²) in [5.74, 6) is 7.32. The lowest BCUT2D eigenvalue weighted by atomic mass is 9.74. The Labute approximate surface area is 116 Å². The van der Waals surface area contributed by atoms with Crippen molar-refractivity contribution in [3.05, 3.63) is 20.8 Å². The highest BCUT2D eigenvalue weighted by molar-refractivity contribution is 9.10. The topological polar surface area (TPSA) is 38.0 Å². The van der Waals surface area contributed by atoms with Crippen molar-refractivity contribution in [2.75, 3.05) is 0 Å². The van der Waals surface area contributed by atoms with Crippen LogP contribution in [0.3, 0.4) is 0 Å². The van der Waals surface area contributed by atoms with E-state index in [9.17, 15) is 0 Å². The van der Waals surface area contributed by atoms with Gasteiger partial charge < -0.3 is 0 Å². The van der Waals surface area contributed by atoms with Crippen LogP contribution in [0.4, 0.5) is 0 Å². The van der Waals surface area contributed by atoms with Gasteiger partial charge in [-0.15, -0.1) is 11.3 Å². The molecular formula is C13H21BrN2S. The van der Waals surface area contributed by atoms with E-state index in [0.717, 1.165) is 5.92 Å². The van der Waals surface area contributed by atoms with Crippen LogP contribution >= 0.6 is 27.3 Å². The Morgan fingerprint density at radius 1 is 1.53 bits per heavy atom. The van der Waals surface area contributed by atoms with Crippen LogP contribution in [0.15, 0.2) is 15.9 Å². The van der Waals surface area contributed by atoms with Crippen LogP contribution in [0, 0.1) is 11.8 Å². The lowest BCUT2D eigenvalue weighted by Gasteiger charge is -2.36. The summed E-state index contributed by atoms with van der Waals surface area (Å²) in [6.45, 7) is 2.31. The van der Waals surface area contributed by atoms with E-state index in [2.05, 4.69) is 39.7 Å². The minimum atomic E-state index is 0.314. The van der Waals surface area contributed by atoms with Gasteiger partial charge in [0.15, 0.2) is 0 Å². The van der Waals surface area contributed by atoms with E-state index in [1.807, 2.05) is 0 Å². The highest BCUT2D eigenvalue weighted by atomic mass is 79.9. The largest absolute Gasteiger partial charge is 0.271 e. The van der Waals surface area contributed by atoms with E-state index in [1.165, 1.54) is 41.5 Å². The number of thiophene rings is 1. The molecule has 1 aromatic heterocycles. The van der Waals surface area contributed by atoms with Gasteiger partial charge in [0.25, 0.3) is 0 Å². The lowest BCUT2D eigenvalue weighted by molar-refractivity contribution is 0.177. The number of nitrogens with one attached hydrogen (secondary N) is 1. The quantitative estimate of drug-likeness (QED) is 0.644.